The molecule has 0 radical (unpaired) electrons. The van der Waals surface area contributed by atoms with Crippen LogP contribution in [0.5, 0.6) is 0 Å². The van der Waals surface area contributed by atoms with E-state index >= 15 is 0 Å². The quantitative estimate of drug-likeness (QED) is 0.283. The van der Waals surface area contributed by atoms with Gasteiger partial charge in [0, 0.05) is 28.6 Å². The van der Waals surface area contributed by atoms with Gasteiger partial charge in [0.2, 0.25) is 5.78 Å². The van der Waals surface area contributed by atoms with Crippen LogP contribution >= 0.6 is 11.3 Å². The highest BCUT2D eigenvalue weighted by molar-refractivity contribution is 7.19. The molecule has 1 N–H and O–H groups in total. The normalized spacial score (nSPS) is 10.6. The number of benzene rings is 3. The van der Waals surface area contributed by atoms with Crippen molar-refractivity contribution in [3.8, 4) is 22.4 Å². The second-order valence-electron chi connectivity index (χ2n) is 7.28. The number of rotatable bonds is 6. The van der Waals surface area contributed by atoms with Crippen molar-refractivity contribution in [1.82, 2.24) is 4.98 Å². The second kappa shape index (κ2) is 9.00. The standard InChI is InChI=1S/C28H20N2OS/c31-26(21-14-6-2-7-15-21)27-24(20-12-4-1-5-13-20)25(23-18-10-11-19-29-23)28(32-27)30-22-16-8-3-9-17-22/h1-19,30H. The summed E-state index contributed by atoms with van der Waals surface area (Å²) in [4.78, 5) is 19.0. The molecule has 0 fully saturated rings. The Labute approximate surface area is 191 Å². The van der Waals surface area contributed by atoms with Crippen LogP contribution in [0.1, 0.15) is 15.2 Å². The number of carbonyl (C=O) groups excluding carboxylic acids is 1. The molecule has 0 aliphatic rings. The molecule has 0 atom stereocenters. The van der Waals surface area contributed by atoms with Gasteiger partial charge in [0.1, 0.15) is 5.00 Å². The molecule has 4 heteroatoms. The predicted molar refractivity (Wildman–Crippen MR) is 133 cm³/mol. The molecular weight excluding hydrogens is 412 g/mol. The van der Waals surface area contributed by atoms with Crippen molar-refractivity contribution in [2.75, 3.05) is 5.32 Å². The number of nitrogens with one attached hydrogen (secondary N) is 1. The Hall–Kier alpha value is -4.02. The van der Waals surface area contributed by atoms with E-state index in [2.05, 4.69) is 10.3 Å². The van der Waals surface area contributed by atoms with Gasteiger partial charge in [-0.25, -0.2) is 0 Å². The molecule has 5 rings (SSSR count). The van der Waals surface area contributed by atoms with Crippen LogP contribution in [0.2, 0.25) is 0 Å². The Morgan fingerprint density at radius 3 is 1.97 bits per heavy atom. The smallest absolute Gasteiger partial charge is 0.203 e. The lowest BCUT2D eigenvalue weighted by Gasteiger charge is -2.10. The first-order valence-corrected chi connectivity index (χ1v) is 11.2. The number of hydrogen-bond donors (Lipinski definition) is 1. The minimum atomic E-state index is 0.00717. The van der Waals surface area contributed by atoms with Gasteiger partial charge in [-0.05, 0) is 29.8 Å². The summed E-state index contributed by atoms with van der Waals surface area (Å²) in [5.41, 5.74) is 5.29. The molecule has 2 heterocycles. The number of ketones is 1. The maximum absolute atomic E-state index is 13.7. The first kappa shape index (κ1) is 19.9. The van der Waals surface area contributed by atoms with E-state index in [-0.39, 0.29) is 5.78 Å². The number of nitrogens with zero attached hydrogens (tertiary/aromatic N) is 1. The molecule has 2 aromatic heterocycles. The molecule has 0 bridgehead atoms. The SMILES string of the molecule is O=C(c1ccccc1)c1sc(Nc2ccccc2)c(-c2ccccn2)c1-c1ccccc1. The zero-order valence-corrected chi connectivity index (χ0v) is 18.0. The highest BCUT2D eigenvalue weighted by atomic mass is 32.1. The van der Waals surface area contributed by atoms with Crippen molar-refractivity contribution < 1.29 is 4.79 Å². The third kappa shape index (κ3) is 3.96. The van der Waals surface area contributed by atoms with Crippen LogP contribution < -0.4 is 5.32 Å². The monoisotopic (exact) mass is 432 g/mol. The fourth-order valence-corrected chi connectivity index (χ4v) is 4.90. The van der Waals surface area contributed by atoms with Gasteiger partial charge in [0.25, 0.3) is 0 Å². The van der Waals surface area contributed by atoms with Crippen molar-refractivity contribution in [1.29, 1.82) is 0 Å². The van der Waals surface area contributed by atoms with Crippen LogP contribution in [0, 0.1) is 0 Å². The van der Waals surface area contributed by atoms with E-state index in [0.717, 1.165) is 33.1 Å². The van der Waals surface area contributed by atoms with Gasteiger partial charge in [0.15, 0.2) is 0 Å². The van der Waals surface area contributed by atoms with Crippen LogP contribution in [-0.4, -0.2) is 10.8 Å². The Morgan fingerprint density at radius 2 is 1.31 bits per heavy atom. The third-order valence-corrected chi connectivity index (χ3v) is 6.27. The fraction of sp³-hybridized carbons (Fsp3) is 0. The lowest BCUT2D eigenvalue weighted by molar-refractivity contribution is 0.104. The summed E-state index contributed by atoms with van der Waals surface area (Å²) < 4.78 is 0. The first-order chi connectivity index (χ1) is 15.8. The number of thiophene rings is 1. The Morgan fingerprint density at radius 1 is 0.688 bits per heavy atom. The summed E-state index contributed by atoms with van der Waals surface area (Å²) in [5.74, 6) is 0.00717. The van der Waals surface area contributed by atoms with Crippen molar-refractivity contribution in [3.63, 3.8) is 0 Å². The number of hydrogen-bond acceptors (Lipinski definition) is 4. The molecule has 0 amide bonds. The molecule has 0 unspecified atom stereocenters. The van der Waals surface area contributed by atoms with E-state index in [9.17, 15) is 4.79 Å². The molecule has 3 nitrogen and oxygen atoms in total. The summed E-state index contributed by atoms with van der Waals surface area (Å²) in [5, 5.41) is 4.43. The molecule has 0 saturated heterocycles. The van der Waals surface area contributed by atoms with Gasteiger partial charge in [-0.15, -0.1) is 11.3 Å². The van der Waals surface area contributed by atoms with Crippen LogP contribution in [-0.2, 0) is 0 Å². The van der Waals surface area contributed by atoms with Crippen molar-refractivity contribution >= 4 is 27.8 Å². The summed E-state index contributed by atoms with van der Waals surface area (Å²) >= 11 is 1.47. The highest BCUT2D eigenvalue weighted by Gasteiger charge is 2.26. The van der Waals surface area contributed by atoms with Crippen LogP contribution in [0.15, 0.2) is 115 Å². The first-order valence-electron chi connectivity index (χ1n) is 10.4. The van der Waals surface area contributed by atoms with E-state index in [1.54, 1.807) is 6.20 Å². The molecule has 32 heavy (non-hydrogen) atoms. The van der Waals surface area contributed by atoms with E-state index < -0.39 is 0 Å². The fourth-order valence-electron chi connectivity index (χ4n) is 3.69. The zero-order valence-electron chi connectivity index (χ0n) is 17.2. The van der Waals surface area contributed by atoms with E-state index in [1.165, 1.54) is 11.3 Å². The topological polar surface area (TPSA) is 42.0 Å². The Bertz CT molecular complexity index is 1330. The molecule has 154 valence electrons. The number of anilines is 2. The molecule has 0 saturated carbocycles. The molecule has 0 aliphatic carbocycles. The molecule has 5 aromatic rings. The average Bonchev–Trinajstić information content (AvgIpc) is 3.24. The minimum Gasteiger partial charge on any atom is -0.347 e. The van der Waals surface area contributed by atoms with E-state index in [1.807, 2.05) is 109 Å². The highest BCUT2D eigenvalue weighted by Crippen LogP contribution is 2.47. The van der Waals surface area contributed by atoms with Crippen molar-refractivity contribution in [2.45, 2.75) is 0 Å². The Balaban J connectivity index is 1.77. The van der Waals surface area contributed by atoms with Gasteiger partial charge < -0.3 is 5.32 Å². The molecular formula is C28H20N2OS. The number of pyridine rings is 1. The van der Waals surface area contributed by atoms with Crippen molar-refractivity contribution in [3.05, 3.63) is 126 Å². The van der Waals surface area contributed by atoms with E-state index in [0.29, 0.717) is 10.4 Å². The van der Waals surface area contributed by atoms with Crippen molar-refractivity contribution in [2.24, 2.45) is 0 Å². The maximum Gasteiger partial charge on any atom is 0.203 e. The van der Waals surface area contributed by atoms with Gasteiger partial charge >= 0.3 is 0 Å². The van der Waals surface area contributed by atoms with Gasteiger partial charge in [-0.1, -0.05) is 84.9 Å². The maximum atomic E-state index is 13.7. The molecule has 0 aliphatic heterocycles. The third-order valence-electron chi connectivity index (χ3n) is 5.17. The number of carbonyl (C=O) groups is 1. The predicted octanol–water partition coefficient (Wildman–Crippen LogP) is 7.45. The van der Waals surface area contributed by atoms with Gasteiger partial charge in [-0.2, -0.15) is 0 Å². The van der Waals surface area contributed by atoms with Crippen LogP contribution in [0.25, 0.3) is 22.4 Å². The minimum absolute atomic E-state index is 0.00717. The number of para-hydroxylation sites is 1. The number of aromatic nitrogens is 1. The second-order valence-corrected chi connectivity index (χ2v) is 8.30. The Kier molecular flexibility index (Phi) is 5.60. The largest absolute Gasteiger partial charge is 0.347 e. The summed E-state index contributed by atoms with van der Waals surface area (Å²) in [6.45, 7) is 0. The molecule has 3 aromatic carbocycles. The lowest BCUT2D eigenvalue weighted by Crippen LogP contribution is -2.00. The zero-order chi connectivity index (χ0) is 21.8. The van der Waals surface area contributed by atoms with E-state index in [4.69, 9.17) is 0 Å². The van der Waals surface area contributed by atoms with Crippen LogP contribution in [0.4, 0.5) is 10.7 Å². The summed E-state index contributed by atoms with van der Waals surface area (Å²) in [6.07, 6.45) is 1.78. The molecule has 0 spiro atoms. The average molecular weight is 433 g/mol. The summed E-state index contributed by atoms with van der Waals surface area (Å²) in [7, 11) is 0. The van der Waals surface area contributed by atoms with Gasteiger partial charge in [-0.3, -0.25) is 9.78 Å². The van der Waals surface area contributed by atoms with Crippen LogP contribution in [0.3, 0.4) is 0 Å². The van der Waals surface area contributed by atoms with Gasteiger partial charge in [0.05, 0.1) is 10.6 Å². The lowest BCUT2D eigenvalue weighted by atomic mass is 9.95. The summed E-state index contributed by atoms with van der Waals surface area (Å²) in [6, 6.07) is 35.4.